The lowest BCUT2D eigenvalue weighted by Gasteiger charge is -2.26. The van der Waals surface area contributed by atoms with Gasteiger partial charge < -0.3 is 4.90 Å². The molecule has 2 heterocycles. The summed E-state index contributed by atoms with van der Waals surface area (Å²) >= 11 is 1.32. The van der Waals surface area contributed by atoms with E-state index in [2.05, 4.69) is 0 Å². The Labute approximate surface area is 99.0 Å². The zero-order valence-electron chi connectivity index (χ0n) is 9.18. The van der Waals surface area contributed by atoms with Crippen LogP contribution in [0.2, 0.25) is 0 Å². The second-order valence-corrected chi connectivity index (χ2v) is 4.93. The number of hydroxylamine groups is 2. The van der Waals surface area contributed by atoms with E-state index in [0.29, 0.717) is 26.1 Å². The van der Waals surface area contributed by atoms with Crippen LogP contribution in [0.3, 0.4) is 0 Å². The minimum absolute atomic E-state index is 0.00981. The van der Waals surface area contributed by atoms with Crippen LogP contribution in [0.15, 0.2) is 0 Å². The Balaban J connectivity index is 1.72. The number of hydrogen-bond donors (Lipinski definition) is 0. The van der Waals surface area contributed by atoms with Crippen LogP contribution in [-0.2, 0) is 9.63 Å². The molecule has 0 aromatic rings. The van der Waals surface area contributed by atoms with Crippen molar-refractivity contribution in [3.05, 3.63) is 0 Å². The summed E-state index contributed by atoms with van der Waals surface area (Å²) in [6.07, 6.45) is 2.39. The Bertz CT molecular complexity index is 279. The maximum Gasteiger partial charge on any atom is 0.281 e. The summed E-state index contributed by atoms with van der Waals surface area (Å²) < 4.78 is 0. The molecule has 0 N–H and O–H groups in total. The van der Waals surface area contributed by atoms with Gasteiger partial charge >= 0.3 is 0 Å². The molecule has 2 saturated heterocycles. The first-order valence-corrected chi connectivity index (χ1v) is 6.61. The van der Waals surface area contributed by atoms with Gasteiger partial charge in [-0.3, -0.25) is 14.4 Å². The van der Waals surface area contributed by atoms with Crippen molar-refractivity contribution in [3.63, 3.8) is 0 Å². The number of thioether (sulfide) groups is 1. The van der Waals surface area contributed by atoms with E-state index in [0.717, 1.165) is 25.1 Å². The molecule has 0 unspecified atom stereocenters. The quantitative estimate of drug-likeness (QED) is 0.746. The zero-order chi connectivity index (χ0) is 11.4. The molecule has 0 atom stereocenters. The molecular formula is C10H16N2O3S. The lowest BCUT2D eigenvalue weighted by Crippen LogP contribution is -2.38. The normalized spacial score (nSPS) is 21.6. The lowest BCUT2D eigenvalue weighted by atomic mass is 10.3. The van der Waals surface area contributed by atoms with E-state index in [1.54, 1.807) is 4.90 Å². The van der Waals surface area contributed by atoms with E-state index in [1.807, 2.05) is 0 Å². The molecule has 0 saturated carbocycles. The molecule has 2 rings (SSSR count). The first-order chi connectivity index (χ1) is 7.77. The molecule has 0 aromatic carbocycles. The summed E-state index contributed by atoms with van der Waals surface area (Å²) in [7, 11) is 0. The average Bonchev–Trinajstić information content (AvgIpc) is 2.73. The predicted molar refractivity (Wildman–Crippen MR) is 60.9 cm³/mol. The van der Waals surface area contributed by atoms with Crippen molar-refractivity contribution in [1.29, 1.82) is 0 Å². The van der Waals surface area contributed by atoms with Crippen LogP contribution >= 0.6 is 11.8 Å². The Morgan fingerprint density at radius 3 is 2.88 bits per heavy atom. The van der Waals surface area contributed by atoms with E-state index < -0.39 is 0 Å². The highest BCUT2D eigenvalue weighted by Crippen LogP contribution is 2.17. The Morgan fingerprint density at radius 2 is 2.25 bits per heavy atom. The summed E-state index contributed by atoms with van der Waals surface area (Å²) in [5, 5.41) is 1.53. The highest BCUT2D eigenvalue weighted by molar-refractivity contribution is 8.13. The van der Waals surface area contributed by atoms with Gasteiger partial charge in [-0.25, -0.2) is 5.06 Å². The molecule has 16 heavy (non-hydrogen) atoms. The SMILES string of the molecule is O=C1SCCN1CCC(=O)N1CCCCO1. The lowest BCUT2D eigenvalue weighted by molar-refractivity contribution is -0.197. The third kappa shape index (κ3) is 2.89. The molecule has 0 radical (unpaired) electrons. The van der Waals surface area contributed by atoms with Crippen LogP contribution in [0, 0.1) is 0 Å². The molecule has 6 heteroatoms. The molecule has 90 valence electrons. The fourth-order valence-corrected chi connectivity index (χ4v) is 2.63. The largest absolute Gasteiger partial charge is 0.332 e. The number of carbonyl (C=O) groups excluding carboxylic acids is 2. The minimum Gasteiger partial charge on any atom is -0.332 e. The van der Waals surface area contributed by atoms with Gasteiger partial charge in [0, 0.05) is 31.8 Å². The van der Waals surface area contributed by atoms with Gasteiger partial charge in [0.2, 0.25) is 5.91 Å². The van der Waals surface area contributed by atoms with Crippen molar-refractivity contribution in [3.8, 4) is 0 Å². The maximum absolute atomic E-state index is 11.7. The fraction of sp³-hybridized carbons (Fsp3) is 0.800. The van der Waals surface area contributed by atoms with Crippen LogP contribution in [-0.4, -0.2) is 53.1 Å². The van der Waals surface area contributed by atoms with Crippen molar-refractivity contribution in [1.82, 2.24) is 9.96 Å². The van der Waals surface area contributed by atoms with E-state index in [-0.39, 0.29) is 11.1 Å². The van der Waals surface area contributed by atoms with Crippen LogP contribution in [0.1, 0.15) is 19.3 Å². The summed E-state index contributed by atoms with van der Waals surface area (Å²) in [5.74, 6) is 0.831. The Hall–Kier alpha value is -0.750. The van der Waals surface area contributed by atoms with E-state index >= 15 is 0 Å². The molecular weight excluding hydrogens is 228 g/mol. The second kappa shape index (κ2) is 5.54. The smallest absolute Gasteiger partial charge is 0.281 e. The monoisotopic (exact) mass is 244 g/mol. The highest BCUT2D eigenvalue weighted by atomic mass is 32.2. The standard InChI is InChI=1S/C10H16N2O3S/c13-9(12-4-1-2-7-15-12)3-5-11-6-8-16-10(11)14/h1-8H2. The van der Waals surface area contributed by atoms with Gasteiger partial charge in [-0.15, -0.1) is 0 Å². The fourth-order valence-electron chi connectivity index (χ4n) is 1.78. The number of rotatable bonds is 3. The molecule has 2 amide bonds. The third-order valence-corrected chi connectivity index (χ3v) is 3.61. The van der Waals surface area contributed by atoms with Gasteiger partial charge in [0.15, 0.2) is 0 Å². The van der Waals surface area contributed by atoms with Gasteiger partial charge in [0.1, 0.15) is 0 Å². The van der Waals surface area contributed by atoms with E-state index in [1.165, 1.54) is 16.8 Å². The van der Waals surface area contributed by atoms with E-state index in [4.69, 9.17) is 4.84 Å². The van der Waals surface area contributed by atoms with Crippen molar-refractivity contribution >= 4 is 22.9 Å². The summed E-state index contributed by atoms with van der Waals surface area (Å²) in [6.45, 7) is 2.59. The van der Waals surface area contributed by atoms with Crippen LogP contribution in [0.5, 0.6) is 0 Å². The molecule has 0 aliphatic carbocycles. The topological polar surface area (TPSA) is 49.9 Å². The van der Waals surface area contributed by atoms with Gasteiger partial charge in [0.25, 0.3) is 5.24 Å². The van der Waals surface area contributed by atoms with E-state index in [9.17, 15) is 9.59 Å². The minimum atomic E-state index is -0.00981. The summed E-state index contributed by atoms with van der Waals surface area (Å²) in [4.78, 5) is 30.0. The Kier molecular flexibility index (Phi) is 4.06. The number of hydrogen-bond acceptors (Lipinski definition) is 4. The molecule has 0 aromatic heterocycles. The van der Waals surface area contributed by atoms with Crippen LogP contribution < -0.4 is 0 Å². The van der Waals surface area contributed by atoms with Crippen molar-refractivity contribution < 1.29 is 14.4 Å². The van der Waals surface area contributed by atoms with Gasteiger partial charge in [0.05, 0.1) is 6.61 Å². The summed E-state index contributed by atoms with van der Waals surface area (Å²) in [5.41, 5.74) is 0. The third-order valence-electron chi connectivity index (χ3n) is 2.72. The van der Waals surface area contributed by atoms with Crippen LogP contribution in [0.4, 0.5) is 4.79 Å². The maximum atomic E-state index is 11.7. The van der Waals surface area contributed by atoms with Crippen molar-refractivity contribution in [2.75, 3.05) is 32.0 Å². The average molecular weight is 244 g/mol. The molecule has 5 nitrogen and oxygen atoms in total. The number of amides is 2. The zero-order valence-corrected chi connectivity index (χ0v) is 10.0. The molecule has 2 aliphatic heterocycles. The highest BCUT2D eigenvalue weighted by Gasteiger charge is 2.23. The second-order valence-electron chi connectivity index (χ2n) is 3.89. The van der Waals surface area contributed by atoms with Gasteiger partial charge in [-0.1, -0.05) is 11.8 Å². The molecule has 0 bridgehead atoms. The molecule has 2 fully saturated rings. The first kappa shape index (κ1) is 11.7. The number of nitrogens with zero attached hydrogens (tertiary/aromatic N) is 2. The van der Waals surface area contributed by atoms with Crippen molar-refractivity contribution in [2.24, 2.45) is 0 Å². The predicted octanol–water partition coefficient (Wildman–Crippen LogP) is 1.10. The first-order valence-electron chi connectivity index (χ1n) is 5.62. The molecule has 0 spiro atoms. The van der Waals surface area contributed by atoms with Crippen molar-refractivity contribution in [2.45, 2.75) is 19.3 Å². The number of carbonyl (C=O) groups is 2. The molecule has 2 aliphatic rings. The van der Waals surface area contributed by atoms with Crippen LogP contribution in [0.25, 0.3) is 0 Å². The van der Waals surface area contributed by atoms with Gasteiger partial charge in [-0.2, -0.15) is 0 Å². The van der Waals surface area contributed by atoms with Gasteiger partial charge in [-0.05, 0) is 12.8 Å². The summed E-state index contributed by atoms with van der Waals surface area (Å²) in [6, 6.07) is 0. The Morgan fingerprint density at radius 1 is 1.38 bits per heavy atom.